The van der Waals surface area contributed by atoms with Gasteiger partial charge < -0.3 is 10.6 Å². The summed E-state index contributed by atoms with van der Waals surface area (Å²) in [6.45, 7) is 5.03. The van der Waals surface area contributed by atoms with Gasteiger partial charge in [0.05, 0.1) is 0 Å². The predicted molar refractivity (Wildman–Crippen MR) is 71.6 cm³/mol. The number of amides is 1. The topological polar surface area (TPSA) is 46.3 Å². The van der Waals surface area contributed by atoms with Gasteiger partial charge in [-0.05, 0) is 44.1 Å². The standard InChI is InChI=1S/C14H28N2O/c1-4-12(10-15)9-14(17)16(3)13-7-5-11(2)6-8-13/h11-13H,4-10,15H2,1-3H3. The van der Waals surface area contributed by atoms with E-state index in [1.165, 1.54) is 25.7 Å². The molecule has 0 aliphatic heterocycles. The highest BCUT2D eigenvalue weighted by Crippen LogP contribution is 2.27. The quantitative estimate of drug-likeness (QED) is 0.802. The van der Waals surface area contributed by atoms with Crippen molar-refractivity contribution < 1.29 is 4.79 Å². The van der Waals surface area contributed by atoms with Crippen molar-refractivity contribution >= 4 is 5.91 Å². The van der Waals surface area contributed by atoms with Gasteiger partial charge in [-0.1, -0.05) is 20.3 Å². The minimum Gasteiger partial charge on any atom is -0.343 e. The maximum absolute atomic E-state index is 12.1. The number of hydrogen-bond acceptors (Lipinski definition) is 2. The average molecular weight is 240 g/mol. The van der Waals surface area contributed by atoms with E-state index < -0.39 is 0 Å². The van der Waals surface area contributed by atoms with E-state index in [4.69, 9.17) is 5.73 Å². The van der Waals surface area contributed by atoms with E-state index in [0.717, 1.165) is 12.3 Å². The first-order valence-corrected chi connectivity index (χ1v) is 7.04. The van der Waals surface area contributed by atoms with Crippen molar-refractivity contribution in [3.63, 3.8) is 0 Å². The summed E-state index contributed by atoms with van der Waals surface area (Å²) >= 11 is 0. The van der Waals surface area contributed by atoms with Crippen LogP contribution in [0.4, 0.5) is 0 Å². The molecule has 100 valence electrons. The molecule has 1 atom stereocenters. The van der Waals surface area contributed by atoms with Gasteiger partial charge in [-0.15, -0.1) is 0 Å². The molecule has 17 heavy (non-hydrogen) atoms. The van der Waals surface area contributed by atoms with E-state index in [0.29, 0.717) is 24.9 Å². The van der Waals surface area contributed by atoms with Crippen LogP contribution in [0.3, 0.4) is 0 Å². The van der Waals surface area contributed by atoms with Crippen LogP contribution >= 0.6 is 0 Å². The summed E-state index contributed by atoms with van der Waals surface area (Å²) in [4.78, 5) is 14.1. The Morgan fingerprint density at radius 3 is 2.41 bits per heavy atom. The Hall–Kier alpha value is -0.570. The molecule has 3 nitrogen and oxygen atoms in total. The van der Waals surface area contributed by atoms with E-state index in [1.54, 1.807) is 0 Å². The summed E-state index contributed by atoms with van der Waals surface area (Å²) < 4.78 is 0. The monoisotopic (exact) mass is 240 g/mol. The Morgan fingerprint density at radius 1 is 1.35 bits per heavy atom. The molecule has 1 saturated carbocycles. The summed E-state index contributed by atoms with van der Waals surface area (Å²) in [7, 11) is 1.96. The molecule has 0 saturated heterocycles. The molecule has 1 fully saturated rings. The first-order chi connectivity index (χ1) is 8.08. The van der Waals surface area contributed by atoms with Gasteiger partial charge in [0.1, 0.15) is 0 Å². The van der Waals surface area contributed by atoms with E-state index in [1.807, 2.05) is 11.9 Å². The van der Waals surface area contributed by atoms with Crippen molar-refractivity contribution in [2.75, 3.05) is 13.6 Å². The van der Waals surface area contributed by atoms with Gasteiger partial charge in [0, 0.05) is 19.5 Å². The van der Waals surface area contributed by atoms with Crippen molar-refractivity contribution in [3.8, 4) is 0 Å². The zero-order valence-electron chi connectivity index (χ0n) is 11.6. The molecule has 0 aromatic rings. The fourth-order valence-corrected chi connectivity index (χ4v) is 2.62. The summed E-state index contributed by atoms with van der Waals surface area (Å²) in [5, 5.41) is 0. The van der Waals surface area contributed by atoms with E-state index in [2.05, 4.69) is 13.8 Å². The molecular formula is C14H28N2O. The van der Waals surface area contributed by atoms with Crippen LogP contribution in [0.1, 0.15) is 52.4 Å². The molecule has 1 aliphatic carbocycles. The van der Waals surface area contributed by atoms with Gasteiger partial charge in [0.25, 0.3) is 0 Å². The largest absolute Gasteiger partial charge is 0.343 e. The van der Waals surface area contributed by atoms with E-state index in [-0.39, 0.29) is 5.91 Å². The van der Waals surface area contributed by atoms with Gasteiger partial charge in [0.15, 0.2) is 0 Å². The van der Waals surface area contributed by atoms with Crippen molar-refractivity contribution in [2.24, 2.45) is 17.6 Å². The van der Waals surface area contributed by atoms with E-state index in [9.17, 15) is 4.79 Å². The van der Waals surface area contributed by atoms with Crippen LogP contribution in [0.2, 0.25) is 0 Å². The zero-order chi connectivity index (χ0) is 12.8. The Morgan fingerprint density at radius 2 is 1.94 bits per heavy atom. The third-order valence-corrected chi connectivity index (χ3v) is 4.30. The molecule has 1 rings (SSSR count). The number of rotatable bonds is 5. The van der Waals surface area contributed by atoms with Gasteiger partial charge >= 0.3 is 0 Å². The third-order valence-electron chi connectivity index (χ3n) is 4.30. The van der Waals surface area contributed by atoms with Crippen LogP contribution in [0.5, 0.6) is 0 Å². The third kappa shape index (κ3) is 4.30. The SMILES string of the molecule is CCC(CN)CC(=O)N(C)C1CCC(C)CC1. The molecule has 1 aliphatic rings. The number of carbonyl (C=O) groups is 1. The second-order valence-electron chi connectivity index (χ2n) is 5.63. The lowest BCUT2D eigenvalue weighted by Crippen LogP contribution is -2.40. The molecular weight excluding hydrogens is 212 g/mol. The van der Waals surface area contributed by atoms with Gasteiger partial charge in [-0.3, -0.25) is 4.79 Å². The Kier molecular flexibility index (Phi) is 5.96. The highest BCUT2D eigenvalue weighted by molar-refractivity contribution is 5.76. The molecule has 1 unspecified atom stereocenters. The average Bonchev–Trinajstić information content (AvgIpc) is 2.35. The summed E-state index contributed by atoms with van der Waals surface area (Å²) in [5.41, 5.74) is 5.66. The van der Waals surface area contributed by atoms with Gasteiger partial charge in [-0.2, -0.15) is 0 Å². The normalized spacial score (nSPS) is 26.6. The van der Waals surface area contributed by atoms with Crippen LogP contribution in [-0.4, -0.2) is 30.4 Å². The second-order valence-corrected chi connectivity index (χ2v) is 5.63. The lowest BCUT2D eigenvalue weighted by atomic mass is 9.86. The van der Waals surface area contributed by atoms with Crippen molar-refractivity contribution in [1.29, 1.82) is 0 Å². The van der Waals surface area contributed by atoms with Crippen LogP contribution in [0.25, 0.3) is 0 Å². The lowest BCUT2D eigenvalue weighted by molar-refractivity contribution is -0.133. The fraction of sp³-hybridized carbons (Fsp3) is 0.929. The van der Waals surface area contributed by atoms with Crippen LogP contribution in [-0.2, 0) is 4.79 Å². The number of nitrogens with two attached hydrogens (primary N) is 1. The maximum atomic E-state index is 12.1. The molecule has 0 spiro atoms. The molecule has 0 radical (unpaired) electrons. The summed E-state index contributed by atoms with van der Waals surface area (Å²) in [6, 6.07) is 0.467. The van der Waals surface area contributed by atoms with Crippen molar-refractivity contribution in [1.82, 2.24) is 4.90 Å². The molecule has 0 bridgehead atoms. The lowest BCUT2D eigenvalue weighted by Gasteiger charge is -2.34. The molecule has 0 heterocycles. The first-order valence-electron chi connectivity index (χ1n) is 7.04. The second kappa shape index (κ2) is 7.00. The summed E-state index contributed by atoms with van der Waals surface area (Å²) in [5.74, 6) is 1.47. The molecule has 0 aromatic heterocycles. The molecule has 3 heteroatoms. The molecule has 0 aromatic carbocycles. The number of carbonyl (C=O) groups excluding carboxylic acids is 1. The van der Waals surface area contributed by atoms with E-state index >= 15 is 0 Å². The smallest absolute Gasteiger partial charge is 0.222 e. The Labute approximate surface area is 106 Å². The Balaban J connectivity index is 2.40. The number of nitrogens with zero attached hydrogens (tertiary/aromatic N) is 1. The minimum atomic E-state index is 0.279. The molecule has 1 amide bonds. The van der Waals surface area contributed by atoms with Crippen LogP contribution < -0.4 is 5.73 Å². The van der Waals surface area contributed by atoms with Gasteiger partial charge in [0.2, 0.25) is 5.91 Å². The first kappa shape index (κ1) is 14.5. The predicted octanol–water partition coefficient (Wildman–Crippen LogP) is 2.40. The molecule has 2 N–H and O–H groups in total. The van der Waals surface area contributed by atoms with Crippen molar-refractivity contribution in [3.05, 3.63) is 0 Å². The minimum absolute atomic E-state index is 0.279. The Bertz CT molecular complexity index is 230. The highest BCUT2D eigenvalue weighted by Gasteiger charge is 2.25. The number of hydrogen-bond donors (Lipinski definition) is 1. The van der Waals surface area contributed by atoms with Crippen LogP contribution in [0, 0.1) is 11.8 Å². The van der Waals surface area contributed by atoms with Crippen LogP contribution in [0.15, 0.2) is 0 Å². The van der Waals surface area contributed by atoms with Gasteiger partial charge in [-0.25, -0.2) is 0 Å². The zero-order valence-corrected chi connectivity index (χ0v) is 11.6. The van der Waals surface area contributed by atoms with Crippen molar-refractivity contribution in [2.45, 2.75) is 58.4 Å². The maximum Gasteiger partial charge on any atom is 0.222 e. The highest BCUT2D eigenvalue weighted by atomic mass is 16.2. The fourth-order valence-electron chi connectivity index (χ4n) is 2.62. The summed E-state index contributed by atoms with van der Waals surface area (Å²) in [6.07, 6.45) is 6.48.